The monoisotopic (exact) mass is 309 g/mol. The third-order valence-corrected chi connectivity index (χ3v) is 8.46. The van der Waals surface area contributed by atoms with E-state index in [-0.39, 0.29) is 5.60 Å². The second-order valence-corrected chi connectivity index (χ2v) is 10.1. The summed E-state index contributed by atoms with van der Waals surface area (Å²) in [6, 6.07) is 1.39. The largest absolute Gasteiger partial charge is 0.374 e. The van der Waals surface area contributed by atoms with Crippen molar-refractivity contribution in [2.75, 3.05) is 18.1 Å². The molecule has 0 radical (unpaired) electrons. The predicted molar refractivity (Wildman–Crippen MR) is 89.8 cm³/mol. The molecule has 5 atom stereocenters. The normalized spacial score (nSPS) is 51.9. The van der Waals surface area contributed by atoms with Crippen LogP contribution in [0, 0.1) is 16.7 Å². The van der Waals surface area contributed by atoms with E-state index in [1.807, 2.05) is 0 Å². The molecule has 1 spiro atoms. The molecule has 0 amide bonds. The molecule has 0 aromatic carbocycles. The van der Waals surface area contributed by atoms with Crippen molar-refractivity contribution in [3.63, 3.8) is 0 Å². The average molecular weight is 310 g/mol. The van der Waals surface area contributed by atoms with Gasteiger partial charge < -0.3 is 10.1 Å². The number of nitrogens with one attached hydrogen (secondary N) is 1. The van der Waals surface area contributed by atoms with Crippen LogP contribution in [0.25, 0.3) is 0 Å². The molecule has 0 aromatic rings. The Balaban J connectivity index is 1.48. The third-order valence-electron chi connectivity index (χ3n) is 7.23. The molecule has 2 aliphatic heterocycles. The van der Waals surface area contributed by atoms with E-state index in [4.69, 9.17) is 4.74 Å². The van der Waals surface area contributed by atoms with Crippen LogP contribution in [0.3, 0.4) is 0 Å². The lowest BCUT2D eigenvalue weighted by molar-refractivity contribution is -0.0759. The van der Waals surface area contributed by atoms with Gasteiger partial charge in [0.25, 0.3) is 0 Å². The minimum absolute atomic E-state index is 0.212. The van der Waals surface area contributed by atoms with E-state index in [0.29, 0.717) is 22.9 Å². The molecule has 21 heavy (non-hydrogen) atoms. The molecule has 2 bridgehead atoms. The Hall–Kier alpha value is 0.270. The maximum absolute atomic E-state index is 6.20. The zero-order valence-electron chi connectivity index (χ0n) is 13.9. The Morgan fingerprint density at radius 3 is 2.62 bits per heavy atom. The minimum Gasteiger partial charge on any atom is -0.374 e. The van der Waals surface area contributed by atoms with Gasteiger partial charge in [-0.2, -0.15) is 11.8 Å². The van der Waals surface area contributed by atoms with Gasteiger partial charge in [-0.3, -0.25) is 0 Å². The highest BCUT2D eigenvalue weighted by Crippen LogP contribution is 2.62. The van der Waals surface area contributed by atoms with E-state index < -0.39 is 0 Å². The summed E-state index contributed by atoms with van der Waals surface area (Å²) >= 11 is 2.08. The molecular weight excluding hydrogens is 278 g/mol. The highest BCUT2D eigenvalue weighted by atomic mass is 32.2. The van der Waals surface area contributed by atoms with E-state index in [1.165, 1.54) is 50.0 Å². The fourth-order valence-electron chi connectivity index (χ4n) is 5.99. The first-order chi connectivity index (χ1) is 9.94. The van der Waals surface area contributed by atoms with Crippen LogP contribution in [0.5, 0.6) is 0 Å². The van der Waals surface area contributed by atoms with Crippen LogP contribution in [-0.2, 0) is 4.74 Å². The summed E-state index contributed by atoms with van der Waals surface area (Å²) in [7, 11) is 0. The number of thioether (sulfide) groups is 1. The second-order valence-electron chi connectivity index (χ2n) is 9.04. The van der Waals surface area contributed by atoms with E-state index in [9.17, 15) is 0 Å². The molecule has 4 fully saturated rings. The number of fused-ring (bicyclic) bond motifs is 2. The molecule has 2 saturated heterocycles. The number of ether oxygens (including phenoxy) is 1. The lowest BCUT2D eigenvalue weighted by atomic mass is 9.68. The molecule has 0 aromatic heterocycles. The smallest absolute Gasteiger partial charge is 0.0795 e. The topological polar surface area (TPSA) is 21.3 Å². The van der Waals surface area contributed by atoms with Gasteiger partial charge in [-0.05, 0) is 61.0 Å². The van der Waals surface area contributed by atoms with Gasteiger partial charge in [0, 0.05) is 24.4 Å². The van der Waals surface area contributed by atoms with Gasteiger partial charge in [-0.15, -0.1) is 0 Å². The summed E-state index contributed by atoms with van der Waals surface area (Å²) in [5.41, 5.74) is 1.23. The van der Waals surface area contributed by atoms with E-state index >= 15 is 0 Å². The van der Waals surface area contributed by atoms with E-state index in [2.05, 4.69) is 37.8 Å². The highest BCUT2D eigenvalue weighted by Gasteiger charge is 2.59. The Morgan fingerprint density at radius 1 is 1.10 bits per heavy atom. The molecule has 5 unspecified atom stereocenters. The molecule has 2 aliphatic carbocycles. The van der Waals surface area contributed by atoms with Crippen molar-refractivity contribution in [3.05, 3.63) is 0 Å². The average Bonchev–Trinajstić information content (AvgIpc) is 3.08. The zero-order valence-corrected chi connectivity index (χ0v) is 14.7. The van der Waals surface area contributed by atoms with Crippen LogP contribution in [0.1, 0.15) is 59.3 Å². The molecule has 4 aliphatic rings. The number of hydrogen-bond donors (Lipinski definition) is 1. The van der Waals surface area contributed by atoms with Gasteiger partial charge in [0.2, 0.25) is 0 Å². The predicted octanol–water partition coefficient (Wildman–Crippen LogP) is 3.85. The number of rotatable bonds is 2. The standard InChI is InChI=1S/C18H31NOS/c1-16(2)13-4-6-17(3,10-13)15(16)19-14-5-8-20-18(11-14)7-9-21-12-18/h13-15,19H,4-12H2,1-3H3. The Bertz CT molecular complexity index is 413. The third kappa shape index (κ3) is 2.30. The Labute approximate surface area is 134 Å². The quantitative estimate of drug-likeness (QED) is 0.837. The van der Waals surface area contributed by atoms with Gasteiger partial charge in [0.05, 0.1) is 5.60 Å². The van der Waals surface area contributed by atoms with E-state index in [0.717, 1.165) is 12.5 Å². The summed E-state index contributed by atoms with van der Waals surface area (Å²) in [6.07, 6.45) is 8.05. The maximum Gasteiger partial charge on any atom is 0.0795 e. The summed E-state index contributed by atoms with van der Waals surface area (Å²) in [5.74, 6) is 3.46. The summed E-state index contributed by atoms with van der Waals surface area (Å²) in [4.78, 5) is 0. The van der Waals surface area contributed by atoms with Gasteiger partial charge in [0.15, 0.2) is 0 Å². The lowest BCUT2D eigenvalue weighted by Crippen LogP contribution is -2.57. The van der Waals surface area contributed by atoms with Gasteiger partial charge in [-0.1, -0.05) is 20.8 Å². The summed E-state index contributed by atoms with van der Waals surface area (Å²) in [6.45, 7) is 8.53. The zero-order chi connectivity index (χ0) is 14.7. The highest BCUT2D eigenvalue weighted by molar-refractivity contribution is 7.99. The Morgan fingerprint density at radius 2 is 1.95 bits per heavy atom. The first-order valence-corrected chi connectivity index (χ1v) is 10.1. The molecular formula is C18H31NOS. The molecule has 1 N–H and O–H groups in total. The fourth-order valence-corrected chi connectivity index (χ4v) is 7.37. The molecule has 3 heteroatoms. The van der Waals surface area contributed by atoms with Crippen molar-refractivity contribution in [1.29, 1.82) is 0 Å². The molecule has 2 heterocycles. The SMILES string of the molecule is CC12CCC(C1)C(C)(C)C2NC1CCOC2(CCSC2)C1. The summed E-state index contributed by atoms with van der Waals surface area (Å²) < 4.78 is 6.20. The van der Waals surface area contributed by atoms with Crippen molar-refractivity contribution in [3.8, 4) is 0 Å². The molecule has 120 valence electrons. The minimum atomic E-state index is 0.212. The van der Waals surface area contributed by atoms with Crippen molar-refractivity contribution in [2.45, 2.75) is 77.0 Å². The van der Waals surface area contributed by atoms with Crippen LogP contribution >= 0.6 is 11.8 Å². The fraction of sp³-hybridized carbons (Fsp3) is 1.00. The van der Waals surface area contributed by atoms with Crippen molar-refractivity contribution in [1.82, 2.24) is 5.32 Å². The first-order valence-electron chi connectivity index (χ1n) is 8.91. The summed E-state index contributed by atoms with van der Waals surface area (Å²) in [5, 5.41) is 4.14. The second kappa shape index (κ2) is 4.88. The van der Waals surface area contributed by atoms with Crippen LogP contribution in [-0.4, -0.2) is 35.8 Å². The lowest BCUT2D eigenvalue weighted by Gasteiger charge is -2.47. The van der Waals surface area contributed by atoms with Gasteiger partial charge in [0.1, 0.15) is 0 Å². The van der Waals surface area contributed by atoms with Crippen LogP contribution in [0.15, 0.2) is 0 Å². The van der Waals surface area contributed by atoms with Gasteiger partial charge in [-0.25, -0.2) is 0 Å². The van der Waals surface area contributed by atoms with Gasteiger partial charge >= 0.3 is 0 Å². The van der Waals surface area contributed by atoms with Crippen LogP contribution in [0.4, 0.5) is 0 Å². The Kier molecular flexibility index (Phi) is 3.45. The van der Waals surface area contributed by atoms with Crippen molar-refractivity contribution < 1.29 is 4.74 Å². The molecule has 2 nitrogen and oxygen atoms in total. The molecule has 2 saturated carbocycles. The maximum atomic E-state index is 6.20. The van der Waals surface area contributed by atoms with Crippen LogP contribution in [0.2, 0.25) is 0 Å². The van der Waals surface area contributed by atoms with E-state index in [1.54, 1.807) is 0 Å². The molecule has 4 rings (SSSR count). The number of hydrogen-bond acceptors (Lipinski definition) is 3. The van der Waals surface area contributed by atoms with Crippen molar-refractivity contribution in [2.24, 2.45) is 16.7 Å². The van der Waals surface area contributed by atoms with Crippen molar-refractivity contribution >= 4 is 11.8 Å². The first kappa shape index (κ1) is 14.8. The van der Waals surface area contributed by atoms with Crippen LogP contribution < -0.4 is 5.32 Å².